The lowest BCUT2D eigenvalue weighted by Crippen LogP contribution is -2.37. The molecule has 1 N–H and O–H groups in total. The molecule has 0 unspecified atom stereocenters. The van der Waals surface area contributed by atoms with Crippen molar-refractivity contribution in [1.82, 2.24) is 10.3 Å². The second kappa shape index (κ2) is 4.77. The number of piperidine rings is 1. The number of halogens is 2. The molecule has 1 aromatic heterocycles. The van der Waals surface area contributed by atoms with Gasteiger partial charge < -0.3 is 10.1 Å². The molecule has 0 aromatic carbocycles. The van der Waals surface area contributed by atoms with Gasteiger partial charge in [0, 0.05) is 12.7 Å². The van der Waals surface area contributed by atoms with Crippen LogP contribution in [-0.2, 0) is 0 Å². The molecule has 5 heteroatoms. The van der Waals surface area contributed by atoms with Gasteiger partial charge in [0.05, 0.1) is 5.02 Å². The zero-order valence-corrected chi connectivity index (χ0v) is 8.93. The van der Waals surface area contributed by atoms with Gasteiger partial charge >= 0.3 is 0 Å². The van der Waals surface area contributed by atoms with Gasteiger partial charge in [0.25, 0.3) is 5.88 Å². The summed E-state index contributed by atoms with van der Waals surface area (Å²) in [7, 11) is 0. The molecule has 1 fully saturated rings. The van der Waals surface area contributed by atoms with Gasteiger partial charge in [0.2, 0.25) is 0 Å². The molecule has 82 valence electrons. The zero-order valence-electron chi connectivity index (χ0n) is 8.17. The molecule has 2 heterocycles. The van der Waals surface area contributed by atoms with Crippen LogP contribution in [0.3, 0.4) is 0 Å². The third-order valence-corrected chi connectivity index (χ3v) is 2.51. The van der Waals surface area contributed by atoms with E-state index in [2.05, 4.69) is 10.3 Å². The van der Waals surface area contributed by atoms with Crippen LogP contribution in [0.5, 0.6) is 5.88 Å². The average Bonchev–Trinajstić information content (AvgIpc) is 2.24. The first-order chi connectivity index (χ1) is 7.25. The molecule has 0 aliphatic carbocycles. The van der Waals surface area contributed by atoms with E-state index < -0.39 is 5.82 Å². The third-order valence-electron chi connectivity index (χ3n) is 2.30. The maximum Gasteiger partial charge on any atom is 0.250 e. The number of nitrogens with one attached hydrogen (secondary N) is 1. The van der Waals surface area contributed by atoms with Gasteiger partial charge in [0.15, 0.2) is 5.82 Å². The van der Waals surface area contributed by atoms with Crippen LogP contribution in [0.2, 0.25) is 5.02 Å². The quantitative estimate of drug-likeness (QED) is 0.844. The van der Waals surface area contributed by atoms with Crippen molar-refractivity contribution in [3.63, 3.8) is 0 Å². The lowest BCUT2D eigenvalue weighted by Gasteiger charge is -2.23. The largest absolute Gasteiger partial charge is 0.471 e. The standard InChI is InChI=1S/C10H12ClFN2O/c11-7-4-9(12)10(14-5-7)15-8-2-1-3-13-6-8/h4-5,8,13H,1-3,6H2/t8-/m0/s1. The summed E-state index contributed by atoms with van der Waals surface area (Å²) in [5, 5.41) is 3.46. The molecular formula is C10H12ClFN2O. The van der Waals surface area contributed by atoms with Crippen molar-refractivity contribution in [1.29, 1.82) is 0 Å². The van der Waals surface area contributed by atoms with Crippen molar-refractivity contribution in [2.75, 3.05) is 13.1 Å². The molecule has 1 atom stereocenters. The van der Waals surface area contributed by atoms with E-state index in [0.717, 1.165) is 25.9 Å². The Bertz CT molecular complexity index is 342. The first kappa shape index (κ1) is 10.6. The summed E-state index contributed by atoms with van der Waals surface area (Å²) in [5.74, 6) is -0.471. The minimum absolute atomic E-state index is 0.00178. The molecule has 0 saturated carbocycles. The Kier molecular flexibility index (Phi) is 3.38. The van der Waals surface area contributed by atoms with Gasteiger partial charge in [-0.2, -0.15) is 0 Å². The summed E-state index contributed by atoms with van der Waals surface area (Å²) in [6, 6.07) is 1.21. The topological polar surface area (TPSA) is 34.1 Å². The number of rotatable bonds is 2. The van der Waals surface area contributed by atoms with Crippen LogP contribution in [0.25, 0.3) is 0 Å². The lowest BCUT2D eigenvalue weighted by molar-refractivity contribution is 0.153. The molecule has 2 rings (SSSR count). The van der Waals surface area contributed by atoms with Crippen molar-refractivity contribution < 1.29 is 9.13 Å². The number of aromatic nitrogens is 1. The van der Waals surface area contributed by atoms with Gasteiger partial charge in [0.1, 0.15) is 6.10 Å². The Balaban J connectivity index is 2.03. The van der Waals surface area contributed by atoms with Crippen LogP contribution >= 0.6 is 11.6 Å². The molecule has 0 amide bonds. The lowest BCUT2D eigenvalue weighted by atomic mass is 10.1. The summed E-state index contributed by atoms with van der Waals surface area (Å²) < 4.78 is 18.7. The summed E-state index contributed by atoms with van der Waals surface area (Å²) in [6.07, 6.45) is 3.36. The highest BCUT2D eigenvalue weighted by molar-refractivity contribution is 6.30. The predicted octanol–water partition coefficient (Wildman–Crippen LogP) is 2.00. The number of ether oxygens (including phenoxy) is 1. The fourth-order valence-electron chi connectivity index (χ4n) is 1.57. The SMILES string of the molecule is Fc1cc(Cl)cnc1O[C@H]1CCCNC1. The smallest absolute Gasteiger partial charge is 0.250 e. The van der Waals surface area contributed by atoms with Gasteiger partial charge in [-0.3, -0.25) is 0 Å². The Morgan fingerprint density at radius 2 is 2.47 bits per heavy atom. The molecule has 3 nitrogen and oxygen atoms in total. The monoisotopic (exact) mass is 230 g/mol. The summed E-state index contributed by atoms with van der Waals surface area (Å²) in [4.78, 5) is 3.81. The predicted molar refractivity (Wildman–Crippen MR) is 55.7 cm³/mol. The van der Waals surface area contributed by atoms with Crippen LogP contribution in [0.15, 0.2) is 12.3 Å². The second-order valence-electron chi connectivity index (χ2n) is 3.53. The van der Waals surface area contributed by atoms with Crippen LogP contribution < -0.4 is 10.1 Å². The number of hydrogen-bond donors (Lipinski definition) is 1. The van der Waals surface area contributed by atoms with Gasteiger partial charge in [-0.25, -0.2) is 9.37 Å². The summed E-state index contributed by atoms with van der Waals surface area (Å²) in [5.41, 5.74) is 0. The highest BCUT2D eigenvalue weighted by Crippen LogP contribution is 2.20. The molecule has 15 heavy (non-hydrogen) atoms. The van der Waals surface area contributed by atoms with Crippen LogP contribution in [0.4, 0.5) is 4.39 Å². The molecule has 1 aromatic rings. The highest BCUT2D eigenvalue weighted by atomic mass is 35.5. The molecular weight excluding hydrogens is 219 g/mol. The Hall–Kier alpha value is -0.870. The molecule has 0 spiro atoms. The Labute approximate surface area is 92.6 Å². The van der Waals surface area contributed by atoms with Crippen molar-refractivity contribution in [3.05, 3.63) is 23.1 Å². The van der Waals surface area contributed by atoms with E-state index in [1.807, 2.05) is 0 Å². The second-order valence-corrected chi connectivity index (χ2v) is 3.96. The van der Waals surface area contributed by atoms with Gasteiger partial charge in [-0.15, -0.1) is 0 Å². The fourth-order valence-corrected chi connectivity index (χ4v) is 1.71. The number of pyridine rings is 1. The van der Waals surface area contributed by atoms with Crippen LogP contribution in [0.1, 0.15) is 12.8 Å². The third kappa shape index (κ3) is 2.79. The van der Waals surface area contributed by atoms with E-state index in [1.54, 1.807) is 0 Å². The van der Waals surface area contributed by atoms with Crippen LogP contribution in [-0.4, -0.2) is 24.2 Å². The van der Waals surface area contributed by atoms with E-state index in [1.165, 1.54) is 12.3 Å². The molecule has 1 aliphatic rings. The maximum atomic E-state index is 13.3. The molecule has 1 saturated heterocycles. The van der Waals surface area contributed by atoms with Crippen molar-refractivity contribution in [3.8, 4) is 5.88 Å². The van der Waals surface area contributed by atoms with E-state index in [0.29, 0.717) is 0 Å². The minimum Gasteiger partial charge on any atom is -0.471 e. The normalized spacial score (nSPS) is 21.3. The number of nitrogens with zero attached hydrogens (tertiary/aromatic N) is 1. The van der Waals surface area contributed by atoms with Crippen molar-refractivity contribution in [2.45, 2.75) is 18.9 Å². The Morgan fingerprint density at radius 1 is 1.60 bits per heavy atom. The van der Waals surface area contributed by atoms with Gasteiger partial charge in [-0.1, -0.05) is 11.6 Å². The molecule has 0 bridgehead atoms. The molecule has 0 radical (unpaired) electrons. The summed E-state index contributed by atoms with van der Waals surface area (Å²) in [6.45, 7) is 1.74. The van der Waals surface area contributed by atoms with Crippen molar-refractivity contribution in [2.24, 2.45) is 0 Å². The van der Waals surface area contributed by atoms with E-state index in [4.69, 9.17) is 16.3 Å². The highest BCUT2D eigenvalue weighted by Gasteiger charge is 2.17. The fraction of sp³-hybridized carbons (Fsp3) is 0.500. The zero-order chi connectivity index (χ0) is 10.7. The average molecular weight is 231 g/mol. The van der Waals surface area contributed by atoms with E-state index in [9.17, 15) is 4.39 Å². The first-order valence-corrected chi connectivity index (χ1v) is 5.32. The van der Waals surface area contributed by atoms with Gasteiger partial charge in [-0.05, 0) is 25.5 Å². The van der Waals surface area contributed by atoms with Crippen LogP contribution in [0, 0.1) is 5.82 Å². The van der Waals surface area contributed by atoms with E-state index >= 15 is 0 Å². The maximum absolute atomic E-state index is 13.3. The summed E-state index contributed by atoms with van der Waals surface area (Å²) >= 11 is 5.59. The van der Waals surface area contributed by atoms with E-state index in [-0.39, 0.29) is 17.0 Å². The first-order valence-electron chi connectivity index (χ1n) is 4.94. The minimum atomic E-state index is -0.506. The molecule has 1 aliphatic heterocycles. The van der Waals surface area contributed by atoms with Crippen molar-refractivity contribution >= 4 is 11.6 Å². The number of hydrogen-bond acceptors (Lipinski definition) is 3. The Morgan fingerprint density at radius 3 is 3.13 bits per heavy atom.